The van der Waals surface area contributed by atoms with Crippen LogP contribution in [0, 0.1) is 0 Å². The third-order valence-corrected chi connectivity index (χ3v) is 3.82. The highest BCUT2D eigenvalue weighted by Gasteiger charge is 2.05. The first kappa shape index (κ1) is 15.9. The molecule has 3 N–H and O–H groups in total. The number of urea groups is 1. The van der Waals surface area contributed by atoms with Gasteiger partial charge in [-0.15, -0.1) is 0 Å². The number of aromatic amines is 1. The standard InChI is InChI=1S/C18H20N4O2/c23-17(20-13-14-7-2-1-3-8-14)19-11-6-12-22-16-10-5-4-9-15(16)21-18(22)24/h1-5,7-10H,6,11-13H2,(H,21,24)(H2,19,20,23). The molecule has 0 saturated heterocycles. The van der Waals surface area contributed by atoms with E-state index in [-0.39, 0.29) is 11.7 Å². The van der Waals surface area contributed by atoms with E-state index in [1.54, 1.807) is 4.57 Å². The van der Waals surface area contributed by atoms with Crippen molar-refractivity contribution in [2.75, 3.05) is 6.54 Å². The number of H-pyrrole nitrogens is 1. The zero-order chi connectivity index (χ0) is 16.8. The van der Waals surface area contributed by atoms with Gasteiger partial charge < -0.3 is 15.6 Å². The summed E-state index contributed by atoms with van der Waals surface area (Å²) in [4.78, 5) is 26.5. The average Bonchev–Trinajstić information content (AvgIpc) is 2.93. The number of benzene rings is 2. The van der Waals surface area contributed by atoms with E-state index in [9.17, 15) is 9.59 Å². The van der Waals surface area contributed by atoms with Crippen LogP contribution in [0.4, 0.5) is 4.79 Å². The molecule has 2 aromatic carbocycles. The number of hydrogen-bond acceptors (Lipinski definition) is 2. The smallest absolute Gasteiger partial charge is 0.326 e. The molecule has 0 aliphatic heterocycles. The Morgan fingerprint density at radius 3 is 2.58 bits per heavy atom. The van der Waals surface area contributed by atoms with Crippen LogP contribution in [-0.2, 0) is 13.1 Å². The van der Waals surface area contributed by atoms with Crippen LogP contribution in [0.5, 0.6) is 0 Å². The summed E-state index contributed by atoms with van der Waals surface area (Å²) >= 11 is 0. The number of nitrogens with zero attached hydrogens (tertiary/aromatic N) is 1. The first-order valence-corrected chi connectivity index (χ1v) is 7.97. The second-order valence-electron chi connectivity index (χ2n) is 5.55. The molecule has 6 nitrogen and oxygen atoms in total. The lowest BCUT2D eigenvalue weighted by Gasteiger charge is -2.08. The van der Waals surface area contributed by atoms with E-state index in [1.807, 2.05) is 54.6 Å². The number of fused-ring (bicyclic) bond motifs is 1. The fraction of sp³-hybridized carbons (Fsp3) is 0.222. The van der Waals surface area contributed by atoms with Crippen molar-refractivity contribution in [2.24, 2.45) is 0 Å². The van der Waals surface area contributed by atoms with Gasteiger partial charge >= 0.3 is 11.7 Å². The summed E-state index contributed by atoms with van der Waals surface area (Å²) in [5, 5.41) is 5.62. The van der Waals surface area contributed by atoms with Gasteiger partial charge in [-0.3, -0.25) is 4.57 Å². The normalized spacial score (nSPS) is 10.7. The van der Waals surface area contributed by atoms with Crippen LogP contribution < -0.4 is 16.3 Å². The first-order chi connectivity index (χ1) is 11.7. The summed E-state index contributed by atoms with van der Waals surface area (Å²) in [5.41, 5.74) is 2.65. The van der Waals surface area contributed by atoms with Crippen molar-refractivity contribution >= 4 is 17.1 Å². The largest absolute Gasteiger partial charge is 0.338 e. The maximum Gasteiger partial charge on any atom is 0.326 e. The molecule has 24 heavy (non-hydrogen) atoms. The summed E-state index contributed by atoms with van der Waals surface area (Å²) in [6, 6.07) is 17.1. The minimum Gasteiger partial charge on any atom is -0.338 e. The second-order valence-corrected chi connectivity index (χ2v) is 5.55. The monoisotopic (exact) mass is 324 g/mol. The lowest BCUT2D eigenvalue weighted by molar-refractivity contribution is 0.240. The Balaban J connectivity index is 1.44. The number of imidazole rings is 1. The van der Waals surface area contributed by atoms with Gasteiger partial charge in [0.2, 0.25) is 0 Å². The molecule has 0 unspecified atom stereocenters. The summed E-state index contributed by atoms with van der Waals surface area (Å²) < 4.78 is 1.69. The molecular weight excluding hydrogens is 304 g/mol. The molecule has 0 aliphatic rings. The zero-order valence-corrected chi connectivity index (χ0v) is 13.3. The SMILES string of the molecule is O=C(NCCCn1c(=O)[nH]c2ccccc21)NCc1ccccc1. The lowest BCUT2D eigenvalue weighted by Crippen LogP contribution is -2.36. The number of carbonyl (C=O) groups excluding carboxylic acids is 1. The van der Waals surface area contributed by atoms with Crippen LogP contribution in [0.25, 0.3) is 11.0 Å². The molecule has 0 saturated carbocycles. The van der Waals surface area contributed by atoms with E-state index < -0.39 is 0 Å². The number of nitrogens with one attached hydrogen (secondary N) is 3. The van der Waals surface area contributed by atoms with E-state index in [4.69, 9.17) is 0 Å². The minimum absolute atomic E-state index is 0.121. The number of aryl methyl sites for hydroxylation is 1. The predicted molar refractivity (Wildman–Crippen MR) is 93.9 cm³/mol. The van der Waals surface area contributed by atoms with Crippen molar-refractivity contribution in [3.8, 4) is 0 Å². The van der Waals surface area contributed by atoms with Gasteiger partial charge in [0.05, 0.1) is 11.0 Å². The molecule has 0 aliphatic carbocycles. The number of amides is 2. The Kier molecular flexibility index (Phi) is 4.96. The molecule has 0 atom stereocenters. The van der Waals surface area contributed by atoms with Crippen molar-refractivity contribution in [1.29, 1.82) is 0 Å². The van der Waals surface area contributed by atoms with Gasteiger partial charge in [0.1, 0.15) is 0 Å². The van der Waals surface area contributed by atoms with Gasteiger partial charge in [-0.1, -0.05) is 42.5 Å². The molecule has 0 radical (unpaired) electrons. The molecule has 0 fully saturated rings. The van der Waals surface area contributed by atoms with Gasteiger partial charge in [0.15, 0.2) is 0 Å². The van der Waals surface area contributed by atoms with Crippen molar-refractivity contribution in [3.63, 3.8) is 0 Å². The average molecular weight is 324 g/mol. The molecule has 124 valence electrons. The highest BCUT2D eigenvalue weighted by Crippen LogP contribution is 2.08. The maximum absolute atomic E-state index is 11.9. The lowest BCUT2D eigenvalue weighted by atomic mass is 10.2. The molecule has 3 aromatic rings. The molecule has 2 amide bonds. The fourth-order valence-electron chi connectivity index (χ4n) is 2.61. The molecule has 0 spiro atoms. The van der Waals surface area contributed by atoms with Crippen LogP contribution >= 0.6 is 0 Å². The van der Waals surface area contributed by atoms with E-state index in [1.165, 1.54) is 0 Å². The van der Waals surface area contributed by atoms with Crippen LogP contribution in [-0.4, -0.2) is 22.1 Å². The third-order valence-electron chi connectivity index (χ3n) is 3.82. The number of carbonyl (C=O) groups is 1. The predicted octanol–water partition coefficient (Wildman–Crippen LogP) is 2.22. The molecule has 3 rings (SSSR count). The van der Waals surface area contributed by atoms with Gasteiger partial charge in [0.25, 0.3) is 0 Å². The van der Waals surface area contributed by atoms with Crippen LogP contribution in [0.15, 0.2) is 59.4 Å². The van der Waals surface area contributed by atoms with E-state index in [2.05, 4.69) is 15.6 Å². The highest BCUT2D eigenvalue weighted by atomic mass is 16.2. The molecule has 6 heteroatoms. The van der Waals surface area contributed by atoms with Crippen molar-refractivity contribution in [3.05, 3.63) is 70.6 Å². The number of rotatable bonds is 6. The van der Waals surface area contributed by atoms with E-state index in [0.717, 1.165) is 16.6 Å². The summed E-state index contributed by atoms with van der Waals surface area (Å²) in [7, 11) is 0. The highest BCUT2D eigenvalue weighted by molar-refractivity contribution is 5.75. The molecule has 1 heterocycles. The summed E-state index contributed by atoms with van der Waals surface area (Å²) in [6.45, 7) is 1.56. The van der Waals surface area contributed by atoms with Crippen molar-refractivity contribution in [1.82, 2.24) is 20.2 Å². The maximum atomic E-state index is 11.9. The number of para-hydroxylation sites is 2. The quantitative estimate of drug-likeness (QED) is 0.608. The Hall–Kier alpha value is -3.02. The van der Waals surface area contributed by atoms with Crippen molar-refractivity contribution < 1.29 is 4.79 Å². The Bertz CT molecular complexity index is 867. The second kappa shape index (κ2) is 7.50. The Morgan fingerprint density at radius 2 is 1.75 bits per heavy atom. The van der Waals surface area contributed by atoms with Crippen LogP contribution in [0.1, 0.15) is 12.0 Å². The minimum atomic E-state index is -0.204. The summed E-state index contributed by atoms with van der Waals surface area (Å²) in [6.07, 6.45) is 0.681. The summed E-state index contributed by atoms with van der Waals surface area (Å²) in [5.74, 6) is 0. The van der Waals surface area contributed by atoms with Gasteiger partial charge in [-0.25, -0.2) is 9.59 Å². The van der Waals surface area contributed by atoms with Crippen LogP contribution in [0.2, 0.25) is 0 Å². The van der Waals surface area contributed by atoms with E-state index in [0.29, 0.717) is 26.1 Å². The Labute approximate surface area is 139 Å². The molecule has 1 aromatic heterocycles. The fourth-order valence-corrected chi connectivity index (χ4v) is 2.61. The van der Waals surface area contributed by atoms with Crippen molar-refractivity contribution in [2.45, 2.75) is 19.5 Å². The zero-order valence-electron chi connectivity index (χ0n) is 13.3. The van der Waals surface area contributed by atoms with E-state index >= 15 is 0 Å². The first-order valence-electron chi connectivity index (χ1n) is 7.97. The van der Waals surface area contributed by atoms with Gasteiger partial charge in [0, 0.05) is 19.6 Å². The van der Waals surface area contributed by atoms with Gasteiger partial charge in [-0.05, 0) is 24.1 Å². The Morgan fingerprint density at radius 1 is 1.00 bits per heavy atom. The van der Waals surface area contributed by atoms with Gasteiger partial charge in [-0.2, -0.15) is 0 Å². The van der Waals surface area contributed by atoms with Crippen LogP contribution in [0.3, 0.4) is 0 Å². The number of aromatic nitrogens is 2. The molecule has 0 bridgehead atoms. The topological polar surface area (TPSA) is 78.9 Å². The third kappa shape index (κ3) is 3.84. The number of hydrogen-bond donors (Lipinski definition) is 3. The molecular formula is C18H20N4O2.